The summed E-state index contributed by atoms with van der Waals surface area (Å²) in [6.45, 7) is 1.10. The van der Waals surface area contributed by atoms with Crippen LogP contribution in [0.3, 0.4) is 0 Å². The molecule has 0 fully saturated rings. The molecule has 2 amide bonds. The van der Waals surface area contributed by atoms with Crippen LogP contribution in [0.2, 0.25) is 0 Å². The molecule has 13 heavy (non-hydrogen) atoms. The Hall–Kier alpha value is -0.390. The number of hydrogen-bond acceptors (Lipinski definition) is 3. The quantitative estimate of drug-likeness (QED) is 0.434. The molecule has 0 saturated carbocycles. The molecular weight excluding hydrogens is 242 g/mol. The van der Waals surface area contributed by atoms with Crippen LogP contribution in [-0.4, -0.2) is 22.0 Å². The molecule has 0 rings (SSSR count). The van der Waals surface area contributed by atoms with E-state index < -0.39 is 22.0 Å². The highest BCUT2D eigenvalue weighted by molar-refractivity contribution is 6.68. The smallest absolute Gasteiger partial charge is 0.315 e. The number of nitrogens with one attached hydrogen (secondary N) is 1. The fourth-order valence-corrected chi connectivity index (χ4v) is 0.771. The summed E-state index contributed by atoms with van der Waals surface area (Å²) in [5.74, 6) is -0.704. The van der Waals surface area contributed by atoms with Gasteiger partial charge in [0.2, 0.25) is 10.0 Å². The van der Waals surface area contributed by atoms with Gasteiger partial charge in [-0.1, -0.05) is 34.8 Å². The molecule has 1 atom stereocenters. The van der Waals surface area contributed by atoms with E-state index in [1.54, 1.807) is 0 Å². The third-order valence-corrected chi connectivity index (χ3v) is 1.45. The van der Waals surface area contributed by atoms with Crippen LogP contribution < -0.4 is 11.1 Å². The van der Waals surface area contributed by atoms with Crippen LogP contribution in [0.15, 0.2) is 0 Å². The van der Waals surface area contributed by atoms with Crippen molar-refractivity contribution in [2.75, 3.05) is 0 Å². The first-order valence-electron chi connectivity index (χ1n) is 3.03. The molecule has 0 saturated heterocycles. The number of amides is 2. The van der Waals surface area contributed by atoms with Crippen molar-refractivity contribution in [2.24, 2.45) is 5.73 Å². The van der Waals surface area contributed by atoms with Crippen LogP contribution >= 0.6 is 34.8 Å². The lowest BCUT2D eigenvalue weighted by molar-refractivity contribution is -0.146. The predicted octanol–water partition coefficient (Wildman–Crippen LogP) is 0.914. The number of hydrogen-bond donors (Lipinski definition) is 2. The molecule has 1 unspecified atom stereocenters. The number of alkyl halides is 3. The molecule has 76 valence electrons. The second kappa shape index (κ2) is 4.74. The fraction of sp³-hybridized carbons (Fsp3) is 0.600. The van der Waals surface area contributed by atoms with Crippen LogP contribution in [0.1, 0.15) is 6.92 Å². The normalized spacial score (nSPS) is 13.2. The largest absolute Gasteiger partial charge is 0.437 e. The highest BCUT2D eigenvalue weighted by Crippen LogP contribution is 2.30. The molecule has 0 bridgehead atoms. The van der Waals surface area contributed by atoms with E-state index in [4.69, 9.17) is 40.5 Å². The van der Waals surface area contributed by atoms with Crippen LogP contribution in [0.5, 0.6) is 0 Å². The zero-order chi connectivity index (χ0) is 10.6. The van der Waals surface area contributed by atoms with Crippen LogP contribution in [0.4, 0.5) is 4.79 Å². The summed E-state index contributed by atoms with van der Waals surface area (Å²) in [5, 5.41) is 1.95. The second-order valence-corrected chi connectivity index (χ2v) is 4.41. The Morgan fingerprint density at radius 3 is 2.15 bits per heavy atom. The van der Waals surface area contributed by atoms with E-state index in [9.17, 15) is 9.59 Å². The van der Waals surface area contributed by atoms with Gasteiger partial charge in [0, 0.05) is 6.92 Å². The van der Waals surface area contributed by atoms with Crippen molar-refractivity contribution in [2.45, 2.75) is 16.9 Å². The zero-order valence-electron chi connectivity index (χ0n) is 6.51. The average Bonchev–Trinajstić information content (AvgIpc) is 1.81. The predicted molar refractivity (Wildman–Crippen MR) is 48.6 cm³/mol. The van der Waals surface area contributed by atoms with Crippen molar-refractivity contribution in [1.82, 2.24) is 5.32 Å². The minimum Gasteiger partial charge on any atom is -0.437 e. The lowest BCUT2D eigenvalue weighted by Gasteiger charge is -2.23. The molecule has 8 heteroatoms. The SMILES string of the molecule is CC(=O)OC(NC(N)=O)C(Cl)(Cl)Cl. The summed E-state index contributed by atoms with van der Waals surface area (Å²) in [4.78, 5) is 20.9. The van der Waals surface area contributed by atoms with Crippen molar-refractivity contribution in [3.05, 3.63) is 0 Å². The van der Waals surface area contributed by atoms with E-state index in [-0.39, 0.29) is 0 Å². The molecule has 3 N–H and O–H groups in total. The van der Waals surface area contributed by atoms with Crippen LogP contribution in [0.25, 0.3) is 0 Å². The molecule has 0 spiro atoms. The van der Waals surface area contributed by atoms with E-state index in [1.165, 1.54) is 0 Å². The van der Waals surface area contributed by atoms with E-state index in [0.717, 1.165) is 6.92 Å². The number of halogens is 3. The Labute approximate surface area is 89.4 Å². The first-order chi connectivity index (χ1) is 5.73. The standard InChI is InChI=1S/C5H7Cl3N2O3/c1-2(11)13-3(5(6,7)8)10-4(9)12/h3H,1H3,(H3,9,10,12). The van der Waals surface area contributed by atoms with Gasteiger partial charge in [0.25, 0.3) is 0 Å². The van der Waals surface area contributed by atoms with Gasteiger partial charge in [0.1, 0.15) is 0 Å². The van der Waals surface area contributed by atoms with Crippen LogP contribution in [-0.2, 0) is 9.53 Å². The van der Waals surface area contributed by atoms with Crippen molar-refractivity contribution in [3.8, 4) is 0 Å². The molecule has 0 aliphatic carbocycles. The number of urea groups is 1. The lowest BCUT2D eigenvalue weighted by atomic mass is 10.6. The number of ether oxygens (including phenoxy) is 1. The summed E-state index contributed by atoms with van der Waals surface area (Å²) in [6.07, 6.45) is -1.40. The summed E-state index contributed by atoms with van der Waals surface area (Å²) in [7, 11) is 0. The Bertz CT molecular complexity index is 200. The third kappa shape index (κ3) is 5.79. The molecule has 5 nitrogen and oxygen atoms in total. The third-order valence-electron chi connectivity index (χ3n) is 0.854. The van der Waals surface area contributed by atoms with Gasteiger partial charge in [-0.15, -0.1) is 0 Å². The summed E-state index contributed by atoms with van der Waals surface area (Å²) >= 11 is 16.1. The van der Waals surface area contributed by atoms with Gasteiger partial charge in [0.15, 0.2) is 0 Å². The number of rotatable bonds is 2. The number of esters is 1. The van der Waals surface area contributed by atoms with Gasteiger partial charge in [0.05, 0.1) is 0 Å². The van der Waals surface area contributed by atoms with E-state index >= 15 is 0 Å². The Balaban J connectivity index is 4.37. The maximum absolute atomic E-state index is 10.5. The monoisotopic (exact) mass is 248 g/mol. The van der Waals surface area contributed by atoms with Gasteiger partial charge in [-0.25, -0.2) is 4.79 Å². The van der Waals surface area contributed by atoms with Gasteiger partial charge >= 0.3 is 12.0 Å². The molecular formula is C5H7Cl3N2O3. The van der Waals surface area contributed by atoms with Gasteiger partial charge < -0.3 is 10.5 Å². The zero-order valence-corrected chi connectivity index (χ0v) is 8.78. The van der Waals surface area contributed by atoms with Crippen molar-refractivity contribution in [3.63, 3.8) is 0 Å². The Kier molecular flexibility index (Phi) is 4.60. The van der Waals surface area contributed by atoms with E-state index in [1.807, 2.05) is 5.32 Å². The lowest BCUT2D eigenvalue weighted by Crippen LogP contribution is -2.48. The summed E-state index contributed by atoms with van der Waals surface area (Å²) in [5.41, 5.74) is 4.75. The van der Waals surface area contributed by atoms with Crippen molar-refractivity contribution < 1.29 is 14.3 Å². The van der Waals surface area contributed by atoms with E-state index in [0.29, 0.717) is 0 Å². The molecule has 0 aromatic heterocycles. The molecule has 0 radical (unpaired) electrons. The maximum Gasteiger partial charge on any atom is 0.315 e. The first kappa shape index (κ1) is 12.6. The highest BCUT2D eigenvalue weighted by atomic mass is 35.6. The number of primary amides is 1. The Morgan fingerprint density at radius 1 is 1.46 bits per heavy atom. The van der Waals surface area contributed by atoms with Gasteiger partial charge in [-0.2, -0.15) is 0 Å². The average molecular weight is 249 g/mol. The molecule has 0 aliphatic heterocycles. The topological polar surface area (TPSA) is 81.4 Å². The van der Waals surface area contributed by atoms with Gasteiger partial charge in [-0.05, 0) is 0 Å². The number of carbonyl (C=O) groups is 2. The van der Waals surface area contributed by atoms with Crippen molar-refractivity contribution >= 4 is 46.8 Å². The fourth-order valence-electron chi connectivity index (χ4n) is 0.473. The van der Waals surface area contributed by atoms with Crippen molar-refractivity contribution in [1.29, 1.82) is 0 Å². The van der Waals surface area contributed by atoms with E-state index in [2.05, 4.69) is 4.74 Å². The number of nitrogens with two attached hydrogens (primary N) is 1. The minimum absolute atomic E-state index is 0.704. The molecule has 0 aromatic rings. The molecule has 0 heterocycles. The van der Waals surface area contributed by atoms with Crippen LogP contribution in [0, 0.1) is 0 Å². The summed E-state index contributed by atoms with van der Waals surface area (Å²) in [6, 6.07) is -0.961. The maximum atomic E-state index is 10.5. The second-order valence-electron chi connectivity index (χ2n) is 2.04. The van der Waals surface area contributed by atoms with Gasteiger partial charge in [-0.3, -0.25) is 10.1 Å². The Morgan fingerprint density at radius 2 is 1.92 bits per heavy atom. The molecule has 0 aliphatic rings. The number of carbonyl (C=O) groups excluding carboxylic acids is 2. The minimum atomic E-state index is -1.96. The first-order valence-corrected chi connectivity index (χ1v) is 4.16. The molecule has 0 aromatic carbocycles. The highest BCUT2D eigenvalue weighted by Gasteiger charge is 2.36. The summed E-state index contributed by atoms with van der Waals surface area (Å²) < 4.78 is 2.52.